The van der Waals surface area contributed by atoms with Crippen LogP contribution in [0, 0.1) is 11.3 Å². The summed E-state index contributed by atoms with van der Waals surface area (Å²) in [6.45, 7) is 0. The highest BCUT2D eigenvalue weighted by molar-refractivity contribution is 6.08. The lowest BCUT2D eigenvalue weighted by molar-refractivity contribution is 0.0698. The first-order chi connectivity index (χ1) is 13.1. The van der Waals surface area contributed by atoms with Crippen molar-refractivity contribution in [2.45, 2.75) is 0 Å². The fraction of sp³-hybridized carbons (Fsp3) is 0. The Morgan fingerprint density at radius 1 is 0.926 bits per heavy atom. The number of aromatic carboxylic acids is 1. The van der Waals surface area contributed by atoms with E-state index in [1.807, 2.05) is 24.3 Å². The number of amides is 1. The highest BCUT2D eigenvalue weighted by Crippen LogP contribution is 2.27. The van der Waals surface area contributed by atoms with E-state index >= 15 is 0 Å². The number of benzene rings is 3. The lowest BCUT2D eigenvalue weighted by atomic mass is 10.1. The van der Waals surface area contributed by atoms with Gasteiger partial charge in [0, 0.05) is 11.6 Å². The fourth-order valence-corrected chi connectivity index (χ4v) is 2.43. The number of nitriles is 1. The monoisotopic (exact) mass is 358 g/mol. The van der Waals surface area contributed by atoms with Crippen LogP contribution in [0.15, 0.2) is 72.8 Å². The van der Waals surface area contributed by atoms with Gasteiger partial charge in [-0.05, 0) is 42.5 Å². The van der Waals surface area contributed by atoms with E-state index in [0.717, 1.165) is 0 Å². The smallest absolute Gasteiger partial charge is 0.337 e. The van der Waals surface area contributed by atoms with Gasteiger partial charge in [-0.25, -0.2) is 4.79 Å². The summed E-state index contributed by atoms with van der Waals surface area (Å²) >= 11 is 0. The molecule has 0 aliphatic heterocycles. The van der Waals surface area contributed by atoms with Crippen LogP contribution < -0.4 is 10.1 Å². The third-order valence-corrected chi connectivity index (χ3v) is 3.70. The summed E-state index contributed by atoms with van der Waals surface area (Å²) in [7, 11) is 0. The minimum absolute atomic E-state index is 0.0693. The maximum atomic E-state index is 12.5. The average molecular weight is 358 g/mol. The van der Waals surface area contributed by atoms with Gasteiger partial charge >= 0.3 is 5.97 Å². The molecule has 2 N–H and O–H groups in total. The van der Waals surface area contributed by atoms with Gasteiger partial charge in [0.2, 0.25) is 0 Å². The van der Waals surface area contributed by atoms with Crippen LogP contribution in [0.3, 0.4) is 0 Å². The SMILES string of the molecule is N#Cc1cccc(C(=O)Nc2cc(Oc3ccccc3)ccc2C(=O)O)c1. The summed E-state index contributed by atoms with van der Waals surface area (Å²) in [5.41, 5.74) is 0.616. The first kappa shape index (κ1) is 17.7. The summed E-state index contributed by atoms with van der Waals surface area (Å²) in [6.07, 6.45) is 0. The van der Waals surface area contributed by atoms with Crippen LogP contribution in [0.5, 0.6) is 11.5 Å². The second-order valence-corrected chi connectivity index (χ2v) is 5.57. The van der Waals surface area contributed by atoms with Crippen LogP contribution in [0.25, 0.3) is 0 Å². The van der Waals surface area contributed by atoms with Crippen molar-refractivity contribution in [3.63, 3.8) is 0 Å². The molecule has 6 nitrogen and oxygen atoms in total. The topological polar surface area (TPSA) is 99.4 Å². The van der Waals surface area contributed by atoms with Gasteiger partial charge in [0.1, 0.15) is 11.5 Å². The van der Waals surface area contributed by atoms with Crippen molar-refractivity contribution in [2.24, 2.45) is 0 Å². The number of carbonyl (C=O) groups excluding carboxylic acids is 1. The third kappa shape index (κ3) is 4.30. The maximum absolute atomic E-state index is 12.5. The van der Waals surface area contributed by atoms with Crippen LogP contribution in [0.1, 0.15) is 26.3 Å². The molecule has 0 saturated heterocycles. The molecule has 3 aromatic carbocycles. The molecule has 6 heteroatoms. The second-order valence-electron chi connectivity index (χ2n) is 5.57. The Morgan fingerprint density at radius 3 is 2.41 bits per heavy atom. The summed E-state index contributed by atoms with van der Waals surface area (Å²) in [4.78, 5) is 23.9. The summed E-state index contributed by atoms with van der Waals surface area (Å²) in [6, 6.07) is 21.4. The van der Waals surface area contributed by atoms with E-state index in [1.165, 1.54) is 24.3 Å². The van der Waals surface area contributed by atoms with Gasteiger partial charge in [-0.15, -0.1) is 0 Å². The molecule has 0 bridgehead atoms. The zero-order chi connectivity index (χ0) is 19.2. The standard InChI is InChI=1S/C21H14N2O4/c22-13-14-5-4-6-15(11-14)20(24)23-19-12-17(9-10-18(19)21(25)26)27-16-7-2-1-3-8-16/h1-12H,(H,23,24)(H,25,26). The molecule has 0 spiro atoms. The van der Waals surface area contributed by atoms with Crippen LogP contribution in [0.2, 0.25) is 0 Å². The Balaban J connectivity index is 1.90. The zero-order valence-electron chi connectivity index (χ0n) is 14.0. The number of hydrogen-bond acceptors (Lipinski definition) is 4. The number of anilines is 1. The number of carboxylic acids is 1. The highest BCUT2D eigenvalue weighted by atomic mass is 16.5. The number of ether oxygens (including phenoxy) is 1. The summed E-state index contributed by atoms with van der Waals surface area (Å²) < 4.78 is 5.69. The molecule has 0 fully saturated rings. The normalized spacial score (nSPS) is 9.89. The molecule has 0 heterocycles. The van der Waals surface area contributed by atoms with Crippen LogP contribution in [-0.4, -0.2) is 17.0 Å². The van der Waals surface area contributed by atoms with E-state index in [-0.39, 0.29) is 16.8 Å². The zero-order valence-corrected chi connectivity index (χ0v) is 14.0. The van der Waals surface area contributed by atoms with Gasteiger partial charge in [-0.3, -0.25) is 4.79 Å². The number of para-hydroxylation sites is 1. The summed E-state index contributed by atoms with van der Waals surface area (Å²) in [5, 5.41) is 20.9. The van der Waals surface area contributed by atoms with Crippen molar-refractivity contribution in [1.29, 1.82) is 5.26 Å². The van der Waals surface area contributed by atoms with Gasteiger partial charge < -0.3 is 15.2 Å². The van der Waals surface area contributed by atoms with Crippen LogP contribution in [-0.2, 0) is 0 Å². The lowest BCUT2D eigenvalue weighted by Gasteiger charge is -2.12. The van der Waals surface area contributed by atoms with Gasteiger partial charge in [0.15, 0.2) is 0 Å². The van der Waals surface area contributed by atoms with Gasteiger partial charge in [0.05, 0.1) is 22.9 Å². The first-order valence-electron chi connectivity index (χ1n) is 7.98. The number of nitrogens with one attached hydrogen (secondary N) is 1. The molecular weight excluding hydrogens is 344 g/mol. The van der Waals surface area contributed by atoms with E-state index in [0.29, 0.717) is 17.1 Å². The molecule has 3 aromatic rings. The predicted octanol–water partition coefficient (Wildman–Crippen LogP) is 4.30. The molecule has 1 amide bonds. The molecule has 0 radical (unpaired) electrons. The maximum Gasteiger partial charge on any atom is 0.337 e. The Hall–Kier alpha value is -4.11. The van der Waals surface area contributed by atoms with Gasteiger partial charge in [-0.2, -0.15) is 5.26 Å². The van der Waals surface area contributed by atoms with Gasteiger partial charge in [-0.1, -0.05) is 24.3 Å². The number of rotatable bonds is 5. The molecule has 0 atom stereocenters. The van der Waals surface area contributed by atoms with Crippen molar-refractivity contribution in [3.05, 3.63) is 89.5 Å². The van der Waals surface area contributed by atoms with Crippen molar-refractivity contribution in [2.75, 3.05) is 5.32 Å². The van der Waals surface area contributed by atoms with E-state index in [9.17, 15) is 14.7 Å². The lowest BCUT2D eigenvalue weighted by Crippen LogP contribution is -2.15. The number of hydrogen-bond donors (Lipinski definition) is 2. The molecular formula is C21H14N2O4. The van der Waals surface area contributed by atoms with Crippen molar-refractivity contribution >= 4 is 17.6 Å². The molecule has 0 unspecified atom stereocenters. The van der Waals surface area contributed by atoms with E-state index < -0.39 is 11.9 Å². The average Bonchev–Trinajstić information content (AvgIpc) is 2.68. The molecule has 0 aliphatic carbocycles. The first-order valence-corrected chi connectivity index (χ1v) is 7.98. The van der Waals surface area contributed by atoms with Crippen LogP contribution in [0.4, 0.5) is 5.69 Å². The Kier molecular flexibility index (Phi) is 5.15. The van der Waals surface area contributed by atoms with Crippen molar-refractivity contribution < 1.29 is 19.4 Å². The molecule has 0 aromatic heterocycles. The van der Waals surface area contributed by atoms with Crippen molar-refractivity contribution in [3.8, 4) is 17.6 Å². The Labute approximate surface area is 155 Å². The Bertz CT molecular complexity index is 1040. The highest BCUT2D eigenvalue weighted by Gasteiger charge is 2.15. The van der Waals surface area contributed by atoms with Crippen molar-refractivity contribution in [1.82, 2.24) is 0 Å². The van der Waals surface area contributed by atoms with E-state index in [2.05, 4.69) is 5.32 Å². The Morgan fingerprint density at radius 2 is 1.70 bits per heavy atom. The number of nitrogens with zero attached hydrogens (tertiary/aromatic N) is 1. The molecule has 0 saturated carbocycles. The number of carboxylic acid groups (broad SMARTS) is 1. The molecule has 132 valence electrons. The van der Waals surface area contributed by atoms with Crippen LogP contribution >= 0.6 is 0 Å². The second kappa shape index (κ2) is 7.85. The van der Waals surface area contributed by atoms with E-state index in [1.54, 1.807) is 30.3 Å². The minimum Gasteiger partial charge on any atom is -0.478 e. The van der Waals surface area contributed by atoms with E-state index in [4.69, 9.17) is 10.00 Å². The predicted molar refractivity (Wildman–Crippen MR) is 99.0 cm³/mol. The fourth-order valence-electron chi connectivity index (χ4n) is 2.43. The quantitative estimate of drug-likeness (QED) is 0.708. The molecule has 27 heavy (non-hydrogen) atoms. The molecule has 0 aliphatic rings. The third-order valence-electron chi connectivity index (χ3n) is 3.70. The molecule has 3 rings (SSSR count). The minimum atomic E-state index is -1.18. The van der Waals surface area contributed by atoms with Gasteiger partial charge in [0.25, 0.3) is 5.91 Å². The largest absolute Gasteiger partial charge is 0.478 e. The summed E-state index contributed by atoms with van der Waals surface area (Å²) in [5.74, 6) is -0.736. The number of carbonyl (C=O) groups is 2.